The third-order valence-corrected chi connectivity index (χ3v) is 2.49. The van der Waals surface area contributed by atoms with E-state index in [1.165, 1.54) is 0 Å². The molecule has 0 amide bonds. The molecule has 0 unspecified atom stereocenters. The van der Waals surface area contributed by atoms with E-state index in [1.54, 1.807) is 6.07 Å². The topological polar surface area (TPSA) is 62.1 Å². The summed E-state index contributed by atoms with van der Waals surface area (Å²) in [6.07, 6.45) is 0. The molecular formula is C15H20N2O2. The van der Waals surface area contributed by atoms with Gasteiger partial charge >= 0.3 is 5.97 Å². The molecule has 0 aliphatic carbocycles. The molecule has 0 fully saturated rings. The summed E-state index contributed by atoms with van der Waals surface area (Å²) in [5.74, 6) is -0.282. The number of nitriles is 1. The summed E-state index contributed by atoms with van der Waals surface area (Å²) < 4.78 is 5.22. The van der Waals surface area contributed by atoms with Crippen molar-refractivity contribution in [3.63, 3.8) is 0 Å². The summed E-state index contributed by atoms with van der Waals surface area (Å²) in [4.78, 5) is 11.6. The van der Waals surface area contributed by atoms with Crippen molar-refractivity contribution in [2.75, 3.05) is 6.54 Å². The van der Waals surface area contributed by atoms with E-state index < -0.39 is 5.60 Å². The molecule has 0 spiro atoms. The Bertz CT molecular complexity index is 484. The van der Waals surface area contributed by atoms with Gasteiger partial charge in [-0.1, -0.05) is 12.1 Å². The predicted molar refractivity (Wildman–Crippen MR) is 73.4 cm³/mol. The van der Waals surface area contributed by atoms with Crippen LogP contribution in [0.15, 0.2) is 24.3 Å². The van der Waals surface area contributed by atoms with E-state index in [1.807, 2.05) is 45.9 Å². The zero-order valence-corrected chi connectivity index (χ0v) is 11.9. The number of nitrogens with one attached hydrogen (secondary N) is 1. The van der Waals surface area contributed by atoms with Gasteiger partial charge in [0.05, 0.1) is 18.2 Å². The lowest BCUT2D eigenvalue weighted by Gasteiger charge is -2.21. The maximum Gasteiger partial charge on any atom is 0.320 e. The second kappa shape index (κ2) is 6.35. The lowest BCUT2D eigenvalue weighted by molar-refractivity contribution is -0.153. The van der Waals surface area contributed by atoms with Crippen LogP contribution in [0.2, 0.25) is 0 Å². The van der Waals surface area contributed by atoms with Crippen LogP contribution >= 0.6 is 0 Å². The van der Waals surface area contributed by atoms with Crippen LogP contribution in [0, 0.1) is 11.3 Å². The number of esters is 1. The molecule has 1 atom stereocenters. The van der Waals surface area contributed by atoms with Gasteiger partial charge in [0.1, 0.15) is 5.60 Å². The number of hydrogen-bond acceptors (Lipinski definition) is 4. The van der Waals surface area contributed by atoms with Crippen molar-refractivity contribution in [1.29, 1.82) is 5.26 Å². The molecule has 0 heterocycles. The van der Waals surface area contributed by atoms with E-state index in [0.29, 0.717) is 5.56 Å². The van der Waals surface area contributed by atoms with Crippen LogP contribution in [-0.4, -0.2) is 18.1 Å². The lowest BCUT2D eigenvalue weighted by atomic mass is 10.1. The first-order valence-electron chi connectivity index (χ1n) is 6.27. The van der Waals surface area contributed by atoms with E-state index in [4.69, 9.17) is 10.00 Å². The van der Waals surface area contributed by atoms with Gasteiger partial charge in [-0.25, -0.2) is 0 Å². The number of benzene rings is 1. The van der Waals surface area contributed by atoms with Gasteiger partial charge in [0.2, 0.25) is 0 Å². The number of carbonyl (C=O) groups excluding carboxylic acids is 1. The van der Waals surface area contributed by atoms with Crippen molar-refractivity contribution in [3.05, 3.63) is 35.4 Å². The predicted octanol–water partition coefficient (Wildman–Crippen LogP) is 2.55. The summed E-state index contributed by atoms with van der Waals surface area (Å²) in [6.45, 7) is 7.61. The fourth-order valence-electron chi connectivity index (χ4n) is 1.61. The van der Waals surface area contributed by atoms with Crippen LogP contribution in [-0.2, 0) is 9.53 Å². The number of rotatable bonds is 4. The minimum absolute atomic E-state index is 0.0131. The van der Waals surface area contributed by atoms with Crippen molar-refractivity contribution in [3.8, 4) is 6.07 Å². The summed E-state index contributed by atoms with van der Waals surface area (Å²) in [5.41, 5.74) is 1.12. The van der Waals surface area contributed by atoms with Gasteiger partial charge in [-0.3, -0.25) is 4.79 Å². The number of carbonyl (C=O) groups is 1. The van der Waals surface area contributed by atoms with Crippen molar-refractivity contribution >= 4 is 5.97 Å². The van der Waals surface area contributed by atoms with Crippen LogP contribution in [0.3, 0.4) is 0 Å². The van der Waals surface area contributed by atoms with Crippen LogP contribution < -0.4 is 5.32 Å². The Hall–Kier alpha value is -1.86. The molecular weight excluding hydrogens is 240 g/mol. The average molecular weight is 260 g/mol. The van der Waals surface area contributed by atoms with Crippen LogP contribution in [0.4, 0.5) is 0 Å². The first-order chi connectivity index (χ1) is 8.81. The Morgan fingerprint density at radius 1 is 1.47 bits per heavy atom. The van der Waals surface area contributed by atoms with Gasteiger partial charge < -0.3 is 10.1 Å². The molecule has 102 valence electrons. The standard InChI is InChI=1S/C15H20N2O2/c1-11(13-7-5-6-12(8-13)9-16)17-10-14(18)19-15(2,3)4/h5-8,11,17H,10H2,1-4H3/t11-/m0/s1. The lowest BCUT2D eigenvalue weighted by Crippen LogP contribution is -2.32. The van der Waals surface area contributed by atoms with Crippen molar-refractivity contribution in [1.82, 2.24) is 5.32 Å². The fraction of sp³-hybridized carbons (Fsp3) is 0.467. The van der Waals surface area contributed by atoms with Crippen LogP contribution in [0.25, 0.3) is 0 Å². The van der Waals surface area contributed by atoms with Gasteiger partial charge in [0, 0.05) is 6.04 Å². The van der Waals surface area contributed by atoms with Gasteiger partial charge in [-0.05, 0) is 45.4 Å². The van der Waals surface area contributed by atoms with Gasteiger partial charge in [0.25, 0.3) is 0 Å². The average Bonchev–Trinajstić information content (AvgIpc) is 2.34. The Kier molecular flexibility index (Phi) is 5.08. The number of ether oxygens (including phenoxy) is 1. The molecule has 0 aliphatic rings. The highest BCUT2D eigenvalue weighted by molar-refractivity contribution is 5.72. The maximum atomic E-state index is 11.6. The SMILES string of the molecule is C[C@H](NCC(=O)OC(C)(C)C)c1cccc(C#N)c1. The second-order valence-electron chi connectivity index (χ2n) is 5.43. The molecule has 0 saturated heterocycles. The zero-order valence-electron chi connectivity index (χ0n) is 11.9. The van der Waals surface area contributed by atoms with Crippen LogP contribution in [0.1, 0.15) is 44.9 Å². The normalized spacial score (nSPS) is 12.6. The molecule has 0 bridgehead atoms. The fourth-order valence-corrected chi connectivity index (χ4v) is 1.61. The van der Waals surface area contributed by atoms with E-state index >= 15 is 0 Å². The number of hydrogen-bond donors (Lipinski definition) is 1. The monoisotopic (exact) mass is 260 g/mol. The van der Waals surface area contributed by atoms with Gasteiger partial charge in [0.15, 0.2) is 0 Å². The summed E-state index contributed by atoms with van der Waals surface area (Å²) in [7, 11) is 0. The van der Waals surface area contributed by atoms with E-state index in [2.05, 4.69) is 11.4 Å². The summed E-state index contributed by atoms with van der Waals surface area (Å²) >= 11 is 0. The Balaban J connectivity index is 2.54. The number of nitrogens with zero attached hydrogens (tertiary/aromatic N) is 1. The van der Waals surface area contributed by atoms with Crippen molar-refractivity contribution in [2.24, 2.45) is 0 Å². The van der Waals surface area contributed by atoms with Crippen molar-refractivity contribution < 1.29 is 9.53 Å². The molecule has 1 N–H and O–H groups in total. The molecule has 0 radical (unpaired) electrons. The second-order valence-corrected chi connectivity index (χ2v) is 5.43. The Morgan fingerprint density at radius 2 is 2.16 bits per heavy atom. The van der Waals surface area contributed by atoms with Crippen LogP contribution in [0.5, 0.6) is 0 Å². The molecule has 4 heteroatoms. The highest BCUT2D eigenvalue weighted by atomic mass is 16.6. The molecule has 19 heavy (non-hydrogen) atoms. The van der Waals surface area contributed by atoms with E-state index in [0.717, 1.165) is 5.56 Å². The maximum absolute atomic E-state index is 11.6. The quantitative estimate of drug-likeness (QED) is 0.845. The van der Waals surface area contributed by atoms with E-state index in [-0.39, 0.29) is 18.6 Å². The summed E-state index contributed by atoms with van der Waals surface area (Å²) in [6, 6.07) is 9.41. The molecule has 1 aromatic carbocycles. The minimum atomic E-state index is -0.470. The van der Waals surface area contributed by atoms with Gasteiger partial charge in [-0.2, -0.15) is 5.26 Å². The molecule has 4 nitrogen and oxygen atoms in total. The Morgan fingerprint density at radius 3 is 2.74 bits per heavy atom. The Labute approximate surface area is 114 Å². The van der Waals surface area contributed by atoms with Crippen molar-refractivity contribution in [2.45, 2.75) is 39.3 Å². The molecule has 0 aliphatic heterocycles. The molecule has 1 aromatic rings. The highest BCUT2D eigenvalue weighted by Gasteiger charge is 2.16. The third-order valence-electron chi connectivity index (χ3n) is 2.49. The molecule has 1 rings (SSSR count). The van der Waals surface area contributed by atoms with E-state index in [9.17, 15) is 4.79 Å². The first kappa shape index (κ1) is 15.2. The minimum Gasteiger partial charge on any atom is -0.459 e. The molecule has 0 saturated carbocycles. The zero-order chi connectivity index (χ0) is 14.5. The third kappa shape index (κ3) is 5.54. The smallest absolute Gasteiger partial charge is 0.320 e. The summed E-state index contributed by atoms with van der Waals surface area (Å²) in [5, 5.41) is 11.9. The largest absolute Gasteiger partial charge is 0.459 e. The first-order valence-corrected chi connectivity index (χ1v) is 6.27. The van der Waals surface area contributed by atoms with Gasteiger partial charge in [-0.15, -0.1) is 0 Å². The molecule has 0 aromatic heterocycles. The highest BCUT2D eigenvalue weighted by Crippen LogP contribution is 2.14.